The van der Waals surface area contributed by atoms with Gasteiger partial charge in [-0.2, -0.15) is 0 Å². The third-order valence-corrected chi connectivity index (χ3v) is 4.39. The maximum atomic E-state index is 12.2. The fourth-order valence-electron chi connectivity index (χ4n) is 2.34. The number of aliphatic hydroxyl groups is 8. The van der Waals surface area contributed by atoms with Gasteiger partial charge in [0.2, 0.25) is 11.5 Å². The third kappa shape index (κ3) is 11.2. The van der Waals surface area contributed by atoms with E-state index in [1.165, 1.54) is 0 Å². The van der Waals surface area contributed by atoms with Crippen LogP contribution >= 0.6 is 0 Å². The van der Waals surface area contributed by atoms with Crippen LogP contribution in [0.15, 0.2) is 12.1 Å². The molecule has 0 fully saturated rings. The first-order valence-electron chi connectivity index (χ1n) is 11.0. The molecule has 1 aromatic carbocycles. The summed E-state index contributed by atoms with van der Waals surface area (Å²) < 4.78 is 19.8. The van der Waals surface area contributed by atoms with Crippen LogP contribution in [0.3, 0.4) is 0 Å². The Hall–Kier alpha value is -3.21. The first-order chi connectivity index (χ1) is 19.3. The van der Waals surface area contributed by atoms with Crippen molar-refractivity contribution in [2.45, 2.75) is 24.4 Å². The van der Waals surface area contributed by atoms with Gasteiger partial charge in [0.05, 0.1) is 33.5 Å². The smallest absolute Gasteiger partial charge is 1.00 e. The van der Waals surface area contributed by atoms with Crippen molar-refractivity contribution >= 4 is 35.9 Å². The summed E-state index contributed by atoms with van der Waals surface area (Å²) in [6.07, 6.45) is -7.19. The summed E-state index contributed by atoms with van der Waals surface area (Å²) in [4.78, 5) is 67.9. The molecular weight excluding hydrogens is 591 g/mol. The Labute approximate surface area is 258 Å². The number of rotatable bonds is 14. The molecule has 1 aromatic rings. The van der Waals surface area contributed by atoms with Crippen molar-refractivity contribution in [2.24, 2.45) is 0 Å². The molecule has 0 heterocycles. The molecule has 20 heteroatoms. The van der Waals surface area contributed by atoms with Gasteiger partial charge in [0.15, 0.2) is 35.9 Å². The Morgan fingerprint density at radius 2 is 1.12 bits per heavy atom. The molecule has 42 heavy (non-hydrogen) atoms. The van der Waals surface area contributed by atoms with Gasteiger partial charge in [-0.15, -0.1) is 0 Å². The van der Waals surface area contributed by atoms with E-state index in [0.717, 1.165) is 19.3 Å². The Kier molecular flexibility index (Phi) is 17.6. The molecule has 0 aliphatic carbocycles. The normalized spacial score (nSPS) is 13.5. The molecule has 0 aliphatic heterocycles. The summed E-state index contributed by atoms with van der Waals surface area (Å²) in [6.45, 7) is -4.43. The number of carbonyl (C=O) groups excluding carboxylic acids is 5. The van der Waals surface area contributed by atoms with Gasteiger partial charge in [-0.3, -0.25) is 0 Å². The molecule has 0 aromatic heterocycles. The number of benzene rings is 1. The molecule has 4 atom stereocenters. The SMILES string of the molecule is COc1c(OC(=O)C(O)CO)c(C=CC(=O)OOC(=O)C(O)CO)cc(OC(=O)C(O)CO)c1OC(=O)C(O)CO.[H-].[Na+]. The predicted octanol–water partition coefficient (Wildman–Crippen LogP) is -8.04. The fourth-order valence-corrected chi connectivity index (χ4v) is 2.34. The van der Waals surface area contributed by atoms with Crippen LogP contribution in [-0.2, 0) is 33.7 Å². The standard InChI is InChI=1S/C22H26O19.Na.H/c1-36-18-16(38-20(33)11(28)6-24)9(2-3-15(31)40-41-22(35)13(30)8-26)4-14(37-19(32)10(27)5-23)17(18)39-21(34)12(29)7-25;;/h2-4,10-13,23-30H,5-8H2,1H3;;/q;+1;-1. The quantitative estimate of drug-likeness (QED) is 0.0240. The van der Waals surface area contributed by atoms with E-state index in [4.69, 9.17) is 44.5 Å². The van der Waals surface area contributed by atoms with Crippen molar-refractivity contribution in [1.29, 1.82) is 0 Å². The molecule has 0 radical (unpaired) electrons. The molecule has 0 aliphatic rings. The summed E-state index contributed by atoms with van der Waals surface area (Å²) in [5, 5.41) is 73.6. The number of ether oxygens (including phenoxy) is 4. The molecule has 19 nitrogen and oxygen atoms in total. The molecule has 0 spiro atoms. The summed E-state index contributed by atoms with van der Waals surface area (Å²) in [7, 11) is 0.900. The summed E-state index contributed by atoms with van der Waals surface area (Å²) in [5.74, 6) is -10.9. The minimum atomic E-state index is -2.14. The van der Waals surface area contributed by atoms with E-state index < -0.39 is 109 Å². The van der Waals surface area contributed by atoms with Gasteiger partial charge >= 0.3 is 59.4 Å². The molecule has 0 amide bonds. The monoisotopic (exact) mass is 618 g/mol. The van der Waals surface area contributed by atoms with E-state index >= 15 is 0 Å². The number of methoxy groups -OCH3 is 1. The number of hydrogen-bond acceptors (Lipinski definition) is 19. The van der Waals surface area contributed by atoms with Crippen molar-refractivity contribution in [3.63, 3.8) is 0 Å². The predicted molar refractivity (Wildman–Crippen MR) is 125 cm³/mol. The van der Waals surface area contributed by atoms with Gasteiger partial charge in [-0.1, -0.05) is 0 Å². The minimum Gasteiger partial charge on any atom is -1.00 e. The zero-order chi connectivity index (χ0) is 31.3. The van der Waals surface area contributed by atoms with Crippen LogP contribution in [-0.4, -0.2) is 129 Å². The molecule has 230 valence electrons. The van der Waals surface area contributed by atoms with Crippen LogP contribution in [0.25, 0.3) is 6.08 Å². The van der Waals surface area contributed by atoms with Crippen LogP contribution < -0.4 is 48.5 Å². The van der Waals surface area contributed by atoms with E-state index in [2.05, 4.69) is 9.78 Å². The molecule has 4 unspecified atom stereocenters. The van der Waals surface area contributed by atoms with Gasteiger partial charge in [0, 0.05) is 11.6 Å². The third-order valence-electron chi connectivity index (χ3n) is 4.39. The second kappa shape index (κ2) is 19.1. The second-order valence-electron chi connectivity index (χ2n) is 7.35. The molecule has 1 rings (SSSR count). The average Bonchev–Trinajstić information content (AvgIpc) is 2.97. The van der Waals surface area contributed by atoms with E-state index in [1.54, 1.807) is 0 Å². The van der Waals surface area contributed by atoms with Crippen molar-refractivity contribution < 1.29 is 125 Å². The van der Waals surface area contributed by atoms with Gasteiger partial charge in [0.1, 0.15) is 0 Å². The first-order valence-corrected chi connectivity index (χ1v) is 11.0. The topological polar surface area (TPSA) is 303 Å². The summed E-state index contributed by atoms with van der Waals surface area (Å²) in [5.41, 5.74) is -0.484. The van der Waals surface area contributed by atoms with E-state index in [9.17, 15) is 39.3 Å². The van der Waals surface area contributed by atoms with E-state index in [1.807, 2.05) is 0 Å². The molecular formula is C22H27NaO19. The van der Waals surface area contributed by atoms with Gasteiger partial charge in [0.25, 0.3) is 0 Å². The maximum Gasteiger partial charge on any atom is 1.00 e. The van der Waals surface area contributed by atoms with Crippen LogP contribution in [0.5, 0.6) is 23.0 Å². The van der Waals surface area contributed by atoms with Crippen molar-refractivity contribution in [2.75, 3.05) is 33.5 Å². The van der Waals surface area contributed by atoms with Gasteiger partial charge in [-0.25, -0.2) is 33.7 Å². The zero-order valence-corrected chi connectivity index (χ0v) is 23.9. The fraction of sp³-hybridized carbons (Fsp3) is 0.409. The Bertz CT molecular complexity index is 1140. The van der Waals surface area contributed by atoms with Crippen LogP contribution in [0.2, 0.25) is 0 Å². The first kappa shape index (κ1) is 38.8. The van der Waals surface area contributed by atoms with Crippen LogP contribution in [0, 0.1) is 0 Å². The number of carbonyl (C=O) groups is 5. The average molecular weight is 618 g/mol. The van der Waals surface area contributed by atoms with Crippen LogP contribution in [0.1, 0.15) is 6.99 Å². The number of esters is 3. The molecule has 8 N–H and O–H groups in total. The largest absolute Gasteiger partial charge is 1.00 e. The van der Waals surface area contributed by atoms with Crippen molar-refractivity contribution in [3.05, 3.63) is 17.7 Å². The van der Waals surface area contributed by atoms with Crippen LogP contribution in [0.4, 0.5) is 0 Å². The van der Waals surface area contributed by atoms with Crippen molar-refractivity contribution in [1.82, 2.24) is 0 Å². The summed E-state index contributed by atoms with van der Waals surface area (Å²) >= 11 is 0. The second-order valence-corrected chi connectivity index (χ2v) is 7.35. The van der Waals surface area contributed by atoms with E-state index in [0.29, 0.717) is 6.08 Å². The minimum absolute atomic E-state index is 0. The number of hydrogen-bond donors (Lipinski definition) is 8. The van der Waals surface area contributed by atoms with Gasteiger partial charge < -0.3 is 61.2 Å². The molecule has 0 saturated carbocycles. The van der Waals surface area contributed by atoms with Gasteiger partial charge in [-0.05, 0) is 12.1 Å². The maximum absolute atomic E-state index is 12.2. The Morgan fingerprint density at radius 1 is 0.690 bits per heavy atom. The van der Waals surface area contributed by atoms with Crippen molar-refractivity contribution in [3.8, 4) is 23.0 Å². The molecule has 0 saturated heterocycles. The molecule has 0 bridgehead atoms. The summed E-state index contributed by atoms with van der Waals surface area (Å²) in [6, 6.07) is 0.720. The Morgan fingerprint density at radius 3 is 1.57 bits per heavy atom. The Balaban J connectivity index is 0. The number of aliphatic hydroxyl groups excluding tert-OH is 8. The zero-order valence-electron chi connectivity index (χ0n) is 22.9. The van der Waals surface area contributed by atoms with E-state index in [-0.39, 0.29) is 31.0 Å².